The van der Waals surface area contributed by atoms with Gasteiger partial charge >= 0.3 is 0 Å². The van der Waals surface area contributed by atoms with Crippen molar-refractivity contribution in [1.82, 2.24) is 15.6 Å². The molecule has 1 heterocycles. The standard InChI is InChI=1S/C17H20BrClN4O.HI/c1-20-17(21-8-7-12-3-6-16(19)22-10-12)23-11-13-9-14(18)4-5-15(13)24-2;/h3-6,9-10H,7-8,11H2,1-2H3,(H2,20,21,23);1H. The molecule has 0 fully saturated rings. The zero-order valence-electron chi connectivity index (χ0n) is 14.1. The third-order valence-electron chi connectivity index (χ3n) is 3.41. The Morgan fingerprint density at radius 2 is 2.08 bits per heavy atom. The number of benzene rings is 1. The van der Waals surface area contributed by atoms with Gasteiger partial charge in [-0.1, -0.05) is 33.6 Å². The smallest absolute Gasteiger partial charge is 0.191 e. The molecule has 0 amide bonds. The van der Waals surface area contributed by atoms with Crippen LogP contribution in [-0.4, -0.2) is 31.6 Å². The molecule has 2 rings (SSSR count). The molecule has 2 aromatic rings. The number of halogens is 3. The maximum atomic E-state index is 5.78. The van der Waals surface area contributed by atoms with E-state index in [1.165, 1.54) is 0 Å². The number of hydrogen-bond donors (Lipinski definition) is 2. The van der Waals surface area contributed by atoms with Crippen molar-refractivity contribution in [3.8, 4) is 5.75 Å². The minimum absolute atomic E-state index is 0. The second-order valence-electron chi connectivity index (χ2n) is 5.05. The largest absolute Gasteiger partial charge is 0.496 e. The molecule has 0 saturated heterocycles. The summed E-state index contributed by atoms with van der Waals surface area (Å²) < 4.78 is 6.39. The van der Waals surface area contributed by atoms with Gasteiger partial charge in [0.25, 0.3) is 0 Å². The number of aromatic nitrogens is 1. The van der Waals surface area contributed by atoms with E-state index in [0.717, 1.165) is 40.3 Å². The van der Waals surface area contributed by atoms with Gasteiger partial charge in [-0.2, -0.15) is 0 Å². The molecule has 0 aliphatic carbocycles. The number of guanidine groups is 1. The highest BCUT2D eigenvalue weighted by molar-refractivity contribution is 14.0. The summed E-state index contributed by atoms with van der Waals surface area (Å²) >= 11 is 9.26. The van der Waals surface area contributed by atoms with Gasteiger partial charge in [-0.3, -0.25) is 4.99 Å². The molecule has 25 heavy (non-hydrogen) atoms. The van der Waals surface area contributed by atoms with Crippen LogP contribution in [0.1, 0.15) is 11.1 Å². The first kappa shape index (κ1) is 22.0. The van der Waals surface area contributed by atoms with E-state index < -0.39 is 0 Å². The van der Waals surface area contributed by atoms with Crippen LogP contribution < -0.4 is 15.4 Å². The summed E-state index contributed by atoms with van der Waals surface area (Å²) in [6.07, 6.45) is 2.62. The van der Waals surface area contributed by atoms with Crippen molar-refractivity contribution in [2.75, 3.05) is 20.7 Å². The number of nitrogens with zero attached hydrogens (tertiary/aromatic N) is 2. The highest BCUT2D eigenvalue weighted by Gasteiger charge is 2.05. The van der Waals surface area contributed by atoms with Crippen molar-refractivity contribution in [2.45, 2.75) is 13.0 Å². The Kier molecular flexibility index (Phi) is 10.1. The Morgan fingerprint density at radius 3 is 2.72 bits per heavy atom. The lowest BCUT2D eigenvalue weighted by Crippen LogP contribution is -2.37. The fraction of sp³-hybridized carbons (Fsp3) is 0.294. The van der Waals surface area contributed by atoms with Gasteiger partial charge in [0, 0.05) is 36.4 Å². The van der Waals surface area contributed by atoms with Crippen LogP contribution in [0.2, 0.25) is 5.15 Å². The van der Waals surface area contributed by atoms with Crippen LogP contribution in [-0.2, 0) is 13.0 Å². The number of nitrogens with one attached hydrogen (secondary N) is 2. The minimum Gasteiger partial charge on any atom is -0.496 e. The summed E-state index contributed by atoms with van der Waals surface area (Å²) in [7, 11) is 3.41. The average molecular weight is 540 g/mol. The predicted octanol–water partition coefficient (Wildman–Crippen LogP) is 4.03. The summed E-state index contributed by atoms with van der Waals surface area (Å²) in [5, 5.41) is 7.07. The van der Waals surface area contributed by atoms with Gasteiger partial charge in [-0.25, -0.2) is 4.98 Å². The third-order valence-corrected chi connectivity index (χ3v) is 4.12. The van der Waals surface area contributed by atoms with Crippen molar-refractivity contribution >= 4 is 57.5 Å². The molecule has 5 nitrogen and oxygen atoms in total. The van der Waals surface area contributed by atoms with E-state index in [1.807, 2.05) is 24.3 Å². The first-order chi connectivity index (χ1) is 11.6. The Hall–Kier alpha value is -1.06. The van der Waals surface area contributed by atoms with E-state index in [0.29, 0.717) is 11.7 Å². The normalized spacial score (nSPS) is 10.8. The van der Waals surface area contributed by atoms with Crippen LogP contribution in [0.15, 0.2) is 46.0 Å². The molecule has 0 unspecified atom stereocenters. The lowest BCUT2D eigenvalue weighted by Gasteiger charge is -2.14. The monoisotopic (exact) mass is 538 g/mol. The Morgan fingerprint density at radius 1 is 1.28 bits per heavy atom. The van der Waals surface area contributed by atoms with Gasteiger partial charge < -0.3 is 15.4 Å². The summed E-state index contributed by atoms with van der Waals surface area (Å²) in [4.78, 5) is 8.31. The lowest BCUT2D eigenvalue weighted by molar-refractivity contribution is 0.409. The number of pyridine rings is 1. The number of hydrogen-bond acceptors (Lipinski definition) is 3. The van der Waals surface area contributed by atoms with Crippen molar-refractivity contribution in [3.63, 3.8) is 0 Å². The molecule has 2 N–H and O–H groups in total. The lowest BCUT2D eigenvalue weighted by atomic mass is 10.2. The zero-order chi connectivity index (χ0) is 17.4. The zero-order valence-corrected chi connectivity index (χ0v) is 18.7. The predicted molar refractivity (Wildman–Crippen MR) is 117 cm³/mol. The molecule has 0 aliphatic rings. The average Bonchev–Trinajstić information content (AvgIpc) is 2.59. The van der Waals surface area contributed by atoms with Crippen LogP contribution in [0.25, 0.3) is 0 Å². The molecule has 0 saturated carbocycles. The fourth-order valence-corrected chi connectivity index (χ4v) is 2.68. The summed E-state index contributed by atoms with van der Waals surface area (Å²) in [5.41, 5.74) is 2.17. The number of ether oxygens (including phenoxy) is 1. The number of methoxy groups -OCH3 is 1. The van der Waals surface area contributed by atoms with Crippen LogP contribution in [0.5, 0.6) is 5.75 Å². The molecule has 8 heteroatoms. The Labute approximate surface area is 178 Å². The van der Waals surface area contributed by atoms with Crippen LogP contribution in [0, 0.1) is 0 Å². The van der Waals surface area contributed by atoms with E-state index >= 15 is 0 Å². The molecule has 0 atom stereocenters. The molecular formula is C17H21BrClIN4O. The molecule has 1 aromatic heterocycles. The molecular weight excluding hydrogens is 518 g/mol. The van der Waals surface area contributed by atoms with E-state index in [-0.39, 0.29) is 24.0 Å². The highest BCUT2D eigenvalue weighted by Crippen LogP contribution is 2.22. The van der Waals surface area contributed by atoms with Gasteiger partial charge in [0.15, 0.2) is 5.96 Å². The number of rotatable bonds is 6. The second-order valence-corrected chi connectivity index (χ2v) is 6.35. The van der Waals surface area contributed by atoms with Crippen molar-refractivity contribution < 1.29 is 4.74 Å². The van der Waals surface area contributed by atoms with Crippen LogP contribution >= 0.6 is 51.5 Å². The topological polar surface area (TPSA) is 58.5 Å². The first-order valence-electron chi connectivity index (χ1n) is 7.49. The molecule has 0 bridgehead atoms. The third kappa shape index (κ3) is 7.37. The Bertz CT molecular complexity index is 698. The maximum absolute atomic E-state index is 5.78. The van der Waals surface area contributed by atoms with Crippen LogP contribution in [0.3, 0.4) is 0 Å². The van der Waals surface area contributed by atoms with Gasteiger partial charge in [0.1, 0.15) is 10.9 Å². The summed E-state index contributed by atoms with van der Waals surface area (Å²) in [6, 6.07) is 9.68. The quantitative estimate of drug-likeness (QED) is 0.252. The van der Waals surface area contributed by atoms with Gasteiger partial charge in [0.2, 0.25) is 0 Å². The molecule has 0 spiro atoms. The molecule has 0 radical (unpaired) electrons. The van der Waals surface area contributed by atoms with E-state index in [1.54, 1.807) is 26.4 Å². The SMILES string of the molecule is CN=C(NCCc1ccc(Cl)nc1)NCc1cc(Br)ccc1OC.I. The van der Waals surface area contributed by atoms with Crippen molar-refractivity contribution in [1.29, 1.82) is 0 Å². The second kappa shape index (κ2) is 11.5. The van der Waals surface area contributed by atoms with Gasteiger partial charge in [-0.15, -0.1) is 24.0 Å². The molecule has 0 aliphatic heterocycles. The summed E-state index contributed by atoms with van der Waals surface area (Å²) in [5.74, 6) is 1.58. The maximum Gasteiger partial charge on any atom is 0.191 e. The van der Waals surface area contributed by atoms with Crippen molar-refractivity contribution in [2.24, 2.45) is 4.99 Å². The molecule has 1 aromatic carbocycles. The minimum atomic E-state index is 0. The molecule has 136 valence electrons. The number of aliphatic imine (C=N–C) groups is 1. The summed E-state index contributed by atoms with van der Waals surface area (Å²) in [6.45, 7) is 1.36. The van der Waals surface area contributed by atoms with E-state index in [4.69, 9.17) is 16.3 Å². The Balaban J connectivity index is 0.00000312. The van der Waals surface area contributed by atoms with Gasteiger partial charge in [-0.05, 0) is 36.2 Å². The first-order valence-corrected chi connectivity index (χ1v) is 8.67. The fourth-order valence-electron chi connectivity index (χ4n) is 2.16. The van der Waals surface area contributed by atoms with E-state index in [2.05, 4.69) is 36.5 Å². The van der Waals surface area contributed by atoms with E-state index in [9.17, 15) is 0 Å². The highest BCUT2D eigenvalue weighted by atomic mass is 127. The van der Waals surface area contributed by atoms with Gasteiger partial charge in [0.05, 0.1) is 7.11 Å². The van der Waals surface area contributed by atoms with Crippen molar-refractivity contribution in [3.05, 3.63) is 57.3 Å². The van der Waals surface area contributed by atoms with Crippen LogP contribution in [0.4, 0.5) is 0 Å².